The number of hydrogen-bond donors (Lipinski definition) is 4. The van der Waals surface area contributed by atoms with E-state index in [4.69, 9.17) is 29.2 Å². The number of pyridine rings is 1. The molecule has 6 aromatic rings. The van der Waals surface area contributed by atoms with Crippen molar-refractivity contribution in [3.8, 4) is 33.6 Å². The van der Waals surface area contributed by atoms with E-state index in [0.29, 0.717) is 26.3 Å². The highest BCUT2D eigenvalue weighted by Crippen LogP contribution is 2.48. The third kappa shape index (κ3) is 11.2. The molecule has 4 N–H and O–H groups in total. The Morgan fingerprint density at radius 3 is 1.43 bits per heavy atom. The number of hydrogen-bond acceptors (Lipinski definition) is 12. The highest BCUT2D eigenvalue weighted by molar-refractivity contribution is 5.87. The zero-order valence-corrected chi connectivity index (χ0v) is 44.9. The Bertz CT molecular complexity index is 2840. The van der Waals surface area contributed by atoms with Gasteiger partial charge in [-0.25, -0.2) is 24.5 Å². The summed E-state index contributed by atoms with van der Waals surface area (Å²) in [6, 6.07) is 28.9. The van der Waals surface area contributed by atoms with E-state index >= 15 is 0 Å². The van der Waals surface area contributed by atoms with Gasteiger partial charge < -0.3 is 54.4 Å². The van der Waals surface area contributed by atoms with Crippen LogP contribution < -0.4 is 20.4 Å². The summed E-state index contributed by atoms with van der Waals surface area (Å²) < 4.78 is 15.2. The quantitative estimate of drug-likeness (QED) is 0.0760. The number of aromatic amines is 2. The molecular weight excluding hydrogens is 975 g/mol. The number of likely N-dealkylation sites (tertiary alicyclic amines) is 2. The van der Waals surface area contributed by atoms with Crippen LogP contribution in [0.3, 0.4) is 0 Å². The average molecular weight is 1050 g/mol. The Kier molecular flexibility index (Phi) is 15.9. The first-order valence-electron chi connectivity index (χ1n) is 27.2. The molecule has 0 radical (unpaired) electrons. The predicted octanol–water partition coefficient (Wildman–Crippen LogP) is 9.54. The molecule has 4 saturated heterocycles. The molecule has 4 aliphatic heterocycles. The van der Waals surface area contributed by atoms with Crippen LogP contribution in [-0.4, -0.2) is 124 Å². The summed E-state index contributed by atoms with van der Waals surface area (Å²) in [5.74, 6) is 1.89. The molecule has 18 nitrogen and oxygen atoms in total. The van der Waals surface area contributed by atoms with Crippen LogP contribution in [0, 0.1) is 11.8 Å². The van der Waals surface area contributed by atoms with Gasteiger partial charge >= 0.3 is 12.2 Å². The van der Waals surface area contributed by atoms with E-state index in [-0.39, 0.29) is 47.8 Å². The van der Waals surface area contributed by atoms with Gasteiger partial charge in [0, 0.05) is 43.6 Å². The molecule has 77 heavy (non-hydrogen) atoms. The number of carbonyl (C=O) groups is 4. The van der Waals surface area contributed by atoms with Crippen LogP contribution in [0.1, 0.15) is 113 Å². The predicted molar refractivity (Wildman–Crippen MR) is 294 cm³/mol. The van der Waals surface area contributed by atoms with Crippen LogP contribution in [0.5, 0.6) is 0 Å². The maximum atomic E-state index is 13.8. The fraction of sp³-hybridized carbons (Fsp3) is 0.441. The van der Waals surface area contributed by atoms with Crippen LogP contribution >= 0.6 is 0 Å². The van der Waals surface area contributed by atoms with E-state index in [2.05, 4.69) is 115 Å². The molecule has 6 atom stereocenters. The van der Waals surface area contributed by atoms with Crippen molar-refractivity contribution in [3.05, 3.63) is 126 Å². The van der Waals surface area contributed by atoms with E-state index in [1.54, 1.807) is 0 Å². The summed E-state index contributed by atoms with van der Waals surface area (Å²) in [4.78, 5) is 82.0. The van der Waals surface area contributed by atoms with E-state index < -0.39 is 24.3 Å². The Hall–Kier alpha value is -7.73. The summed E-state index contributed by atoms with van der Waals surface area (Å²) in [6.07, 6.45) is 9.49. The molecule has 0 saturated carbocycles. The molecule has 0 unspecified atom stereocenters. The van der Waals surface area contributed by atoms with E-state index in [1.807, 2.05) is 56.1 Å². The van der Waals surface area contributed by atoms with Crippen molar-refractivity contribution in [3.63, 3.8) is 0 Å². The highest BCUT2D eigenvalue weighted by Gasteiger charge is 2.40. The summed E-state index contributed by atoms with van der Waals surface area (Å²) in [5, 5.41) is 5.47. The maximum absolute atomic E-state index is 13.8. The third-order valence-electron chi connectivity index (χ3n) is 15.9. The van der Waals surface area contributed by atoms with Gasteiger partial charge in [-0.3, -0.25) is 9.59 Å². The van der Waals surface area contributed by atoms with Gasteiger partial charge in [0.05, 0.1) is 75.4 Å². The molecule has 18 heteroatoms. The molecule has 0 bridgehead atoms. The lowest BCUT2D eigenvalue weighted by molar-refractivity contribution is -0.136. The molecule has 3 aromatic heterocycles. The Morgan fingerprint density at radius 2 is 1.00 bits per heavy atom. The number of aromatic nitrogens is 5. The maximum Gasteiger partial charge on any atom is 0.407 e. The van der Waals surface area contributed by atoms with Crippen molar-refractivity contribution in [1.29, 1.82) is 0 Å². The first kappa shape index (κ1) is 52.7. The van der Waals surface area contributed by atoms with Crippen molar-refractivity contribution < 1.29 is 33.4 Å². The number of amides is 4. The number of nitrogens with zero attached hydrogens (tertiary/aromatic N) is 7. The largest absolute Gasteiger partial charge is 0.453 e. The molecule has 0 spiro atoms. The van der Waals surface area contributed by atoms with Gasteiger partial charge in [0.25, 0.3) is 0 Å². The molecule has 7 heterocycles. The van der Waals surface area contributed by atoms with Gasteiger partial charge in [0.2, 0.25) is 11.8 Å². The Morgan fingerprint density at radius 1 is 0.545 bits per heavy atom. The van der Waals surface area contributed by atoms with E-state index in [1.165, 1.54) is 25.3 Å². The fourth-order valence-corrected chi connectivity index (χ4v) is 11.6. The van der Waals surface area contributed by atoms with Crippen LogP contribution in [0.4, 0.5) is 21.1 Å². The van der Waals surface area contributed by atoms with Gasteiger partial charge in [-0.1, -0.05) is 88.4 Å². The standard InChI is InChI=1S/C59H71N11O7/c1-36(2)52(65-58(73)75-5)56(71)68-27-7-9-49(68)54-61-34-45(63-54)39-11-15-41(16-12-39)47-24-25-48(70(47)44-22-19-38(20-23-44)43-21-26-51(60-33-43)67-29-31-77-32-30-67)42-17-13-40(14-18-42)46-35-62-55(64-46)50-10-8-28-69(50)57(72)53(37(3)4)66-59(74)76-6/h11-23,26,33-37,47-50,52-53H,7-10,24-25,27-32H2,1-6H3,(H,61,63)(H,62,64)(H,65,73)(H,66,74)/t47-,48-,49-,50-,52-,53-/m0/s1. The number of alkyl carbamates (subject to hydrolysis) is 2. The van der Waals surface area contributed by atoms with Gasteiger partial charge in [-0.05, 0) is 102 Å². The van der Waals surface area contributed by atoms with Crippen LogP contribution in [0.25, 0.3) is 33.6 Å². The number of ether oxygens (including phenoxy) is 3. The summed E-state index contributed by atoms with van der Waals surface area (Å²) in [7, 11) is 2.60. The minimum Gasteiger partial charge on any atom is -0.453 e. The second-order valence-electron chi connectivity index (χ2n) is 21.3. The number of anilines is 2. The van der Waals surface area contributed by atoms with Crippen molar-refractivity contribution in [2.75, 3.05) is 63.4 Å². The van der Waals surface area contributed by atoms with Crippen molar-refractivity contribution >= 4 is 35.5 Å². The van der Waals surface area contributed by atoms with Gasteiger partial charge in [-0.2, -0.15) is 0 Å². The molecule has 3 aromatic carbocycles. The topological polar surface area (TPSA) is 203 Å². The summed E-state index contributed by atoms with van der Waals surface area (Å²) in [5.41, 5.74) is 9.42. The SMILES string of the molecule is COC(=O)N[C@H](C(=O)N1CCC[C@H]1c1ncc(-c2ccc([C@@H]3CC[C@@H](c4ccc(-c5cnc([C@@H]6CCCN6C(=O)[C@@H](NC(=O)OC)C(C)C)[nH]5)cc4)N3c3ccc(-c4ccc(N5CCOCC5)nc4)cc3)cc2)[nH]1)C(C)C. The average Bonchev–Trinajstić information content (AvgIpc) is 4.35. The number of H-pyrrole nitrogens is 2. The molecule has 4 aliphatic rings. The number of morpholine rings is 1. The number of carbonyl (C=O) groups excluding carboxylic acids is 4. The second kappa shape index (κ2) is 23.3. The first-order chi connectivity index (χ1) is 37.4. The number of rotatable bonds is 15. The highest BCUT2D eigenvalue weighted by atomic mass is 16.5. The van der Waals surface area contributed by atoms with Crippen molar-refractivity contribution in [1.82, 2.24) is 45.4 Å². The van der Waals surface area contributed by atoms with Gasteiger partial charge in [0.1, 0.15) is 29.6 Å². The van der Waals surface area contributed by atoms with E-state index in [0.717, 1.165) is 108 Å². The van der Waals surface area contributed by atoms with Gasteiger partial charge in [-0.15, -0.1) is 0 Å². The third-order valence-corrected chi connectivity index (χ3v) is 15.9. The lowest BCUT2D eigenvalue weighted by atomic mass is 10.0. The summed E-state index contributed by atoms with van der Waals surface area (Å²) >= 11 is 0. The Labute approximate surface area is 450 Å². The van der Waals surface area contributed by atoms with Crippen LogP contribution in [-0.2, 0) is 23.8 Å². The Balaban J connectivity index is 0.887. The number of methoxy groups -OCH3 is 2. The first-order valence-corrected chi connectivity index (χ1v) is 27.2. The molecule has 10 rings (SSSR count). The van der Waals surface area contributed by atoms with Crippen molar-refractivity contribution in [2.24, 2.45) is 11.8 Å². The summed E-state index contributed by atoms with van der Waals surface area (Å²) in [6.45, 7) is 11.9. The molecule has 0 aliphatic carbocycles. The monoisotopic (exact) mass is 1050 g/mol. The normalized spacial score (nSPS) is 20.4. The molecule has 4 amide bonds. The molecule has 404 valence electrons. The zero-order valence-electron chi connectivity index (χ0n) is 44.9. The molecule has 4 fully saturated rings. The minimum absolute atomic E-state index is 0.0854. The number of imidazole rings is 2. The lowest BCUT2D eigenvalue weighted by Gasteiger charge is -2.33. The molecular formula is C59H71N11O7. The van der Waals surface area contributed by atoms with E-state index in [9.17, 15) is 19.2 Å². The lowest BCUT2D eigenvalue weighted by Crippen LogP contribution is -2.51. The van der Waals surface area contributed by atoms with Gasteiger partial charge in [0.15, 0.2) is 0 Å². The smallest absolute Gasteiger partial charge is 0.407 e. The number of nitrogens with one attached hydrogen (secondary N) is 4. The van der Waals surface area contributed by atoms with Crippen LogP contribution in [0.15, 0.2) is 104 Å². The zero-order chi connectivity index (χ0) is 53.7. The fourth-order valence-electron chi connectivity index (χ4n) is 11.6. The van der Waals surface area contributed by atoms with Crippen LogP contribution in [0.2, 0.25) is 0 Å². The van der Waals surface area contributed by atoms with Crippen molar-refractivity contribution in [2.45, 2.75) is 102 Å². The minimum atomic E-state index is -0.707. The second-order valence-corrected chi connectivity index (χ2v) is 21.3. The number of benzene rings is 3.